The monoisotopic (exact) mass is 197 g/mol. The lowest BCUT2D eigenvalue weighted by Gasteiger charge is -2.06. The summed E-state index contributed by atoms with van der Waals surface area (Å²) in [5.74, 6) is -0.372. The first-order chi connectivity index (χ1) is 6.50. The summed E-state index contributed by atoms with van der Waals surface area (Å²) in [5, 5.41) is 9.47. The Hall–Kier alpha value is -1.85. The Bertz CT molecular complexity index is 496. The summed E-state index contributed by atoms with van der Waals surface area (Å²) in [7, 11) is 4.20. The summed E-state index contributed by atoms with van der Waals surface area (Å²) in [6, 6.07) is 0. The molecule has 76 valence electrons. The van der Waals surface area contributed by atoms with Gasteiger partial charge in [0.2, 0.25) is 5.88 Å². The van der Waals surface area contributed by atoms with E-state index in [2.05, 4.69) is 4.99 Å². The van der Waals surface area contributed by atoms with Crippen molar-refractivity contribution in [1.82, 2.24) is 9.13 Å². The molecule has 1 aromatic heterocycles. The second-order valence-electron chi connectivity index (χ2n) is 2.83. The molecule has 0 atom stereocenters. The molecule has 6 heteroatoms. The van der Waals surface area contributed by atoms with Crippen molar-refractivity contribution in [1.29, 1.82) is 0 Å². The van der Waals surface area contributed by atoms with Gasteiger partial charge in [0.15, 0.2) is 0 Å². The molecule has 6 nitrogen and oxygen atoms in total. The molecule has 0 fully saturated rings. The number of rotatable bonds is 1. The zero-order chi connectivity index (χ0) is 10.9. The average molecular weight is 197 g/mol. The third-order valence-electron chi connectivity index (χ3n) is 1.93. The van der Waals surface area contributed by atoms with Crippen LogP contribution in [0.1, 0.15) is 5.56 Å². The number of aliphatic imine (C=N–C) groups is 1. The Labute approximate surface area is 79.8 Å². The molecule has 0 radical (unpaired) electrons. The summed E-state index contributed by atoms with van der Waals surface area (Å²) in [5.41, 5.74) is -1.12. The molecule has 0 aromatic carbocycles. The predicted octanol–water partition coefficient (Wildman–Crippen LogP) is -1.16. The van der Waals surface area contributed by atoms with Gasteiger partial charge in [0.1, 0.15) is 5.56 Å². The molecule has 1 heterocycles. The third-order valence-corrected chi connectivity index (χ3v) is 1.93. The maximum absolute atomic E-state index is 11.5. The van der Waals surface area contributed by atoms with Gasteiger partial charge in [0, 0.05) is 27.4 Å². The number of aromatic hydroxyl groups is 1. The van der Waals surface area contributed by atoms with Crippen molar-refractivity contribution in [3.8, 4) is 5.88 Å². The smallest absolute Gasteiger partial charge is 0.333 e. The molecule has 14 heavy (non-hydrogen) atoms. The zero-order valence-electron chi connectivity index (χ0n) is 8.18. The van der Waals surface area contributed by atoms with Gasteiger partial charge >= 0.3 is 5.69 Å². The van der Waals surface area contributed by atoms with E-state index in [1.54, 1.807) is 0 Å². The van der Waals surface area contributed by atoms with Crippen LogP contribution in [0.5, 0.6) is 5.88 Å². The number of nitrogens with zero attached hydrogens (tertiary/aromatic N) is 3. The van der Waals surface area contributed by atoms with E-state index < -0.39 is 11.2 Å². The topological polar surface area (TPSA) is 76.6 Å². The molecule has 0 aliphatic carbocycles. The van der Waals surface area contributed by atoms with Crippen LogP contribution in [0.15, 0.2) is 14.6 Å². The van der Waals surface area contributed by atoms with Crippen molar-refractivity contribution in [2.45, 2.75) is 0 Å². The molecule has 0 amide bonds. The van der Waals surface area contributed by atoms with Crippen LogP contribution < -0.4 is 11.2 Å². The second-order valence-corrected chi connectivity index (χ2v) is 2.83. The molecule has 0 bridgehead atoms. The fourth-order valence-electron chi connectivity index (χ4n) is 1.10. The lowest BCUT2D eigenvalue weighted by atomic mass is 10.3. The first kappa shape index (κ1) is 10.2. The number of aromatic nitrogens is 2. The lowest BCUT2D eigenvalue weighted by Crippen LogP contribution is -2.38. The van der Waals surface area contributed by atoms with Crippen LogP contribution in [0.2, 0.25) is 0 Å². The molecule has 0 spiro atoms. The van der Waals surface area contributed by atoms with Crippen molar-refractivity contribution in [2.75, 3.05) is 7.05 Å². The minimum Gasteiger partial charge on any atom is -0.494 e. The van der Waals surface area contributed by atoms with Gasteiger partial charge in [-0.3, -0.25) is 18.9 Å². The zero-order valence-corrected chi connectivity index (χ0v) is 8.18. The summed E-state index contributed by atoms with van der Waals surface area (Å²) in [4.78, 5) is 26.4. The van der Waals surface area contributed by atoms with E-state index in [9.17, 15) is 14.7 Å². The summed E-state index contributed by atoms with van der Waals surface area (Å²) in [6.07, 6.45) is 1.22. The van der Waals surface area contributed by atoms with Gasteiger partial charge in [-0.25, -0.2) is 4.79 Å². The van der Waals surface area contributed by atoms with Gasteiger partial charge in [-0.1, -0.05) is 0 Å². The minimum absolute atomic E-state index is 0.0112. The summed E-state index contributed by atoms with van der Waals surface area (Å²) >= 11 is 0. The first-order valence-electron chi connectivity index (χ1n) is 3.91. The van der Waals surface area contributed by atoms with E-state index in [0.29, 0.717) is 0 Å². The van der Waals surface area contributed by atoms with Gasteiger partial charge in [-0.2, -0.15) is 0 Å². The largest absolute Gasteiger partial charge is 0.494 e. The SMILES string of the molecule is CN=Cc1c(O)n(C)c(=O)n(C)c1=O. The van der Waals surface area contributed by atoms with Crippen LogP contribution >= 0.6 is 0 Å². The highest BCUT2D eigenvalue weighted by Gasteiger charge is 2.11. The van der Waals surface area contributed by atoms with E-state index in [-0.39, 0.29) is 11.4 Å². The highest BCUT2D eigenvalue weighted by molar-refractivity contribution is 5.81. The molecule has 1 N–H and O–H groups in total. The quantitative estimate of drug-likeness (QED) is 0.577. The third kappa shape index (κ3) is 1.34. The Morgan fingerprint density at radius 3 is 2.36 bits per heavy atom. The Kier molecular flexibility index (Phi) is 2.55. The van der Waals surface area contributed by atoms with Gasteiger partial charge in [-0.05, 0) is 0 Å². The van der Waals surface area contributed by atoms with Crippen molar-refractivity contribution >= 4 is 6.21 Å². The van der Waals surface area contributed by atoms with Crippen LogP contribution in [0.4, 0.5) is 0 Å². The van der Waals surface area contributed by atoms with Crippen LogP contribution in [0.25, 0.3) is 0 Å². The van der Waals surface area contributed by atoms with E-state index in [1.165, 1.54) is 27.4 Å². The van der Waals surface area contributed by atoms with E-state index in [4.69, 9.17) is 0 Å². The molecule has 0 unspecified atom stereocenters. The molecule has 0 saturated carbocycles. The van der Waals surface area contributed by atoms with Gasteiger partial charge in [0.25, 0.3) is 5.56 Å². The second kappa shape index (κ2) is 3.49. The van der Waals surface area contributed by atoms with E-state index in [0.717, 1.165) is 9.13 Å². The molecule has 0 aliphatic heterocycles. The normalized spacial score (nSPS) is 11.1. The van der Waals surface area contributed by atoms with Crippen molar-refractivity contribution < 1.29 is 5.11 Å². The molecule has 0 aliphatic rings. The maximum Gasteiger partial charge on any atom is 0.333 e. The molecular weight excluding hydrogens is 186 g/mol. The fourth-order valence-corrected chi connectivity index (χ4v) is 1.10. The molecule has 0 saturated heterocycles. The molecule has 1 aromatic rings. The Morgan fingerprint density at radius 2 is 1.86 bits per heavy atom. The van der Waals surface area contributed by atoms with Crippen molar-refractivity contribution in [3.63, 3.8) is 0 Å². The van der Waals surface area contributed by atoms with E-state index in [1.807, 2.05) is 0 Å². The highest BCUT2D eigenvalue weighted by Crippen LogP contribution is 2.05. The summed E-state index contributed by atoms with van der Waals surface area (Å²) in [6.45, 7) is 0. The van der Waals surface area contributed by atoms with Crippen molar-refractivity contribution in [2.24, 2.45) is 19.1 Å². The minimum atomic E-state index is -0.569. The Balaban J connectivity index is 3.78. The molecular formula is C8H11N3O3. The first-order valence-corrected chi connectivity index (χ1v) is 3.91. The number of hydrogen-bond donors (Lipinski definition) is 1. The fraction of sp³-hybridized carbons (Fsp3) is 0.375. The highest BCUT2D eigenvalue weighted by atomic mass is 16.3. The van der Waals surface area contributed by atoms with Crippen LogP contribution in [-0.4, -0.2) is 27.5 Å². The molecule has 1 rings (SSSR count). The van der Waals surface area contributed by atoms with E-state index >= 15 is 0 Å². The van der Waals surface area contributed by atoms with Crippen LogP contribution in [-0.2, 0) is 14.1 Å². The predicted molar refractivity (Wildman–Crippen MR) is 52.1 cm³/mol. The summed E-state index contributed by atoms with van der Waals surface area (Å²) < 4.78 is 1.90. The number of hydrogen-bond acceptors (Lipinski definition) is 4. The van der Waals surface area contributed by atoms with Crippen LogP contribution in [0.3, 0.4) is 0 Å². The van der Waals surface area contributed by atoms with Gasteiger partial charge in [0.05, 0.1) is 0 Å². The Morgan fingerprint density at radius 1 is 1.29 bits per heavy atom. The van der Waals surface area contributed by atoms with Gasteiger partial charge in [-0.15, -0.1) is 0 Å². The van der Waals surface area contributed by atoms with Crippen LogP contribution in [0, 0.1) is 0 Å². The maximum atomic E-state index is 11.5. The van der Waals surface area contributed by atoms with Gasteiger partial charge < -0.3 is 5.11 Å². The standard InChI is InChI=1S/C8H11N3O3/c1-9-4-5-6(12)10(2)8(14)11(3)7(5)13/h4,12H,1-3H3. The van der Waals surface area contributed by atoms with Crippen molar-refractivity contribution in [3.05, 3.63) is 26.4 Å². The lowest BCUT2D eigenvalue weighted by molar-refractivity contribution is 0.410. The average Bonchev–Trinajstić information content (AvgIpc) is 2.19.